The van der Waals surface area contributed by atoms with Gasteiger partial charge in [0, 0.05) is 12.6 Å². The van der Waals surface area contributed by atoms with Crippen molar-refractivity contribution in [3.05, 3.63) is 71.5 Å². The Balaban J connectivity index is 1.93. The Labute approximate surface area is 129 Å². The summed E-state index contributed by atoms with van der Waals surface area (Å²) < 4.78 is 18.4. The number of cyclic esters (lactones) is 1. The fourth-order valence-electron chi connectivity index (χ4n) is 2.91. The van der Waals surface area contributed by atoms with Crippen LogP contribution >= 0.6 is 0 Å². The number of morpholine rings is 1. The highest BCUT2D eigenvalue weighted by molar-refractivity contribution is 5.78. The lowest BCUT2D eigenvalue weighted by Crippen LogP contribution is -2.44. The fourth-order valence-corrected chi connectivity index (χ4v) is 2.91. The molecule has 0 bridgehead atoms. The second-order valence-corrected chi connectivity index (χ2v) is 5.45. The highest BCUT2D eigenvalue weighted by atomic mass is 19.1. The van der Waals surface area contributed by atoms with Crippen molar-refractivity contribution in [2.45, 2.75) is 19.0 Å². The van der Waals surface area contributed by atoms with Gasteiger partial charge in [0.15, 0.2) is 0 Å². The van der Waals surface area contributed by atoms with Crippen molar-refractivity contribution < 1.29 is 13.9 Å². The Hall–Kier alpha value is -2.20. The molecule has 2 aromatic carbocycles. The van der Waals surface area contributed by atoms with Crippen LogP contribution in [-0.2, 0) is 9.53 Å². The molecule has 0 saturated carbocycles. The molecule has 0 radical (unpaired) electrons. The summed E-state index contributed by atoms with van der Waals surface area (Å²) in [5.74, 6) is -0.587. The first-order valence-electron chi connectivity index (χ1n) is 7.39. The van der Waals surface area contributed by atoms with Gasteiger partial charge in [0.1, 0.15) is 18.5 Å². The summed E-state index contributed by atoms with van der Waals surface area (Å²) in [6.45, 7) is 3.11. The summed E-state index contributed by atoms with van der Waals surface area (Å²) in [6, 6.07) is 15.7. The molecule has 1 aliphatic rings. The standard InChI is InChI=1S/C18H18FNO2/c1-13(14-5-3-2-4-6-14)20-11-12-22-18(21)17(20)15-7-9-16(19)10-8-15/h2-10,13,17H,11-12H2,1H3/t13?,17-/m1/s1. The van der Waals surface area contributed by atoms with Crippen molar-refractivity contribution in [1.29, 1.82) is 0 Å². The van der Waals surface area contributed by atoms with Gasteiger partial charge in [-0.1, -0.05) is 42.5 Å². The number of nitrogens with zero attached hydrogens (tertiary/aromatic N) is 1. The summed E-state index contributed by atoms with van der Waals surface area (Å²) in [4.78, 5) is 14.4. The Morgan fingerprint density at radius 3 is 2.50 bits per heavy atom. The van der Waals surface area contributed by atoms with E-state index in [0.29, 0.717) is 13.2 Å². The van der Waals surface area contributed by atoms with Crippen molar-refractivity contribution in [2.24, 2.45) is 0 Å². The van der Waals surface area contributed by atoms with E-state index in [1.54, 1.807) is 12.1 Å². The first kappa shape index (κ1) is 14.7. The second-order valence-electron chi connectivity index (χ2n) is 5.45. The summed E-state index contributed by atoms with van der Waals surface area (Å²) in [5.41, 5.74) is 1.90. The molecule has 1 saturated heterocycles. The summed E-state index contributed by atoms with van der Waals surface area (Å²) >= 11 is 0. The van der Waals surface area contributed by atoms with E-state index in [2.05, 4.69) is 11.8 Å². The smallest absolute Gasteiger partial charge is 0.328 e. The molecule has 1 unspecified atom stereocenters. The van der Waals surface area contributed by atoms with E-state index in [1.165, 1.54) is 12.1 Å². The number of halogens is 1. The van der Waals surface area contributed by atoms with E-state index in [4.69, 9.17) is 4.74 Å². The van der Waals surface area contributed by atoms with Crippen molar-refractivity contribution >= 4 is 5.97 Å². The number of esters is 1. The van der Waals surface area contributed by atoms with E-state index < -0.39 is 6.04 Å². The molecule has 0 N–H and O–H groups in total. The van der Waals surface area contributed by atoms with Crippen LogP contribution in [0.3, 0.4) is 0 Å². The van der Waals surface area contributed by atoms with E-state index in [9.17, 15) is 9.18 Å². The molecule has 3 nitrogen and oxygen atoms in total. The van der Waals surface area contributed by atoms with E-state index in [0.717, 1.165) is 11.1 Å². The lowest BCUT2D eigenvalue weighted by Gasteiger charge is -2.38. The molecule has 1 fully saturated rings. The van der Waals surface area contributed by atoms with Crippen molar-refractivity contribution in [1.82, 2.24) is 4.90 Å². The molecule has 0 aromatic heterocycles. The first-order chi connectivity index (χ1) is 10.7. The number of hydrogen-bond donors (Lipinski definition) is 0. The molecule has 1 heterocycles. The minimum absolute atomic E-state index is 0.0732. The van der Waals surface area contributed by atoms with Crippen molar-refractivity contribution in [3.63, 3.8) is 0 Å². The maximum atomic E-state index is 13.1. The van der Waals surface area contributed by atoms with Crippen LogP contribution in [0.2, 0.25) is 0 Å². The SMILES string of the molecule is CC(c1ccccc1)N1CCOC(=O)[C@H]1c1ccc(F)cc1. The van der Waals surface area contributed by atoms with Gasteiger partial charge in [-0.25, -0.2) is 9.18 Å². The number of rotatable bonds is 3. The van der Waals surface area contributed by atoms with Crippen LogP contribution in [0, 0.1) is 5.82 Å². The third-order valence-corrected chi connectivity index (χ3v) is 4.11. The molecule has 4 heteroatoms. The minimum Gasteiger partial charge on any atom is -0.463 e. The van der Waals surface area contributed by atoms with Crippen LogP contribution < -0.4 is 0 Å². The van der Waals surface area contributed by atoms with Crippen LogP contribution in [0.4, 0.5) is 4.39 Å². The average Bonchev–Trinajstić information content (AvgIpc) is 2.56. The number of ether oxygens (including phenoxy) is 1. The quantitative estimate of drug-likeness (QED) is 0.813. The molecule has 3 rings (SSSR count). The summed E-state index contributed by atoms with van der Waals surface area (Å²) in [7, 11) is 0. The number of carbonyl (C=O) groups excluding carboxylic acids is 1. The van der Waals surface area contributed by atoms with Crippen LogP contribution in [0.1, 0.15) is 30.1 Å². The molecule has 1 aliphatic heterocycles. The number of carbonyl (C=O) groups is 1. The van der Waals surface area contributed by atoms with E-state index >= 15 is 0 Å². The Bertz CT molecular complexity index is 642. The lowest BCUT2D eigenvalue weighted by atomic mass is 9.99. The maximum Gasteiger partial charge on any atom is 0.328 e. The summed E-state index contributed by atoms with van der Waals surface area (Å²) in [6.07, 6.45) is 0. The molecule has 114 valence electrons. The zero-order valence-corrected chi connectivity index (χ0v) is 12.4. The van der Waals surface area contributed by atoms with Crippen LogP contribution in [0.25, 0.3) is 0 Å². The lowest BCUT2D eigenvalue weighted by molar-refractivity contribution is -0.159. The van der Waals surface area contributed by atoms with Gasteiger partial charge < -0.3 is 4.74 Å². The van der Waals surface area contributed by atoms with Gasteiger partial charge in [-0.15, -0.1) is 0 Å². The van der Waals surface area contributed by atoms with Gasteiger partial charge in [-0.2, -0.15) is 0 Å². The second kappa shape index (κ2) is 6.28. The predicted octanol–water partition coefficient (Wildman–Crippen LogP) is 3.49. The van der Waals surface area contributed by atoms with Gasteiger partial charge in [0.05, 0.1) is 0 Å². The zero-order chi connectivity index (χ0) is 15.5. The molecular formula is C18H18FNO2. The highest BCUT2D eigenvalue weighted by Crippen LogP contribution is 2.33. The normalized spacial score (nSPS) is 20.5. The third kappa shape index (κ3) is 2.88. The van der Waals surface area contributed by atoms with Gasteiger partial charge in [0.2, 0.25) is 0 Å². The topological polar surface area (TPSA) is 29.5 Å². The van der Waals surface area contributed by atoms with Gasteiger partial charge in [-0.3, -0.25) is 4.90 Å². The molecule has 0 spiro atoms. The number of benzene rings is 2. The third-order valence-electron chi connectivity index (χ3n) is 4.11. The summed E-state index contributed by atoms with van der Waals surface area (Å²) in [5, 5.41) is 0. The average molecular weight is 299 g/mol. The highest BCUT2D eigenvalue weighted by Gasteiger charge is 2.36. The molecule has 0 aliphatic carbocycles. The Morgan fingerprint density at radius 1 is 1.14 bits per heavy atom. The van der Waals surface area contributed by atoms with Crippen molar-refractivity contribution in [3.8, 4) is 0 Å². The molecule has 22 heavy (non-hydrogen) atoms. The van der Waals surface area contributed by atoms with E-state index in [1.807, 2.05) is 30.3 Å². The van der Waals surface area contributed by atoms with Gasteiger partial charge in [-0.05, 0) is 30.2 Å². The molecule has 2 aromatic rings. The largest absolute Gasteiger partial charge is 0.463 e. The first-order valence-corrected chi connectivity index (χ1v) is 7.39. The monoisotopic (exact) mass is 299 g/mol. The van der Waals surface area contributed by atoms with Gasteiger partial charge in [0.25, 0.3) is 0 Å². The minimum atomic E-state index is -0.496. The van der Waals surface area contributed by atoms with Crippen LogP contribution in [0.15, 0.2) is 54.6 Å². The van der Waals surface area contributed by atoms with E-state index in [-0.39, 0.29) is 17.8 Å². The van der Waals surface area contributed by atoms with Crippen molar-refractivity contribution in [2.75, 3.05) is 13.2 Å². The zero-order valence-electron chi connectivity index (χ0n) is 12.4. The number of hydrogen-bond acceptors (Lipinski definition) is 3. The molecule has 2 atom stereocenters. The van der Waals surface area contributed by atoms with Gasteiger partial charge >= 0.3 is 5.97 Å². The van der Waals surface area contributed by atoms with Crippen LogP contribution in [-0.4, -0.2) is 24.0 Å². The maximum absolute atomic E-state index is 13.1. The Morgan fingerprint density at radius 2 is 1.82 bits per heavy atom. The fraction of sp³-hybridized carbons (Fsp3) is 0.278. The molecular weight excluding hydrogens is 281 g/mol. The predicted molar refractivity (Wildman–Crippen MR) is 81.7 cm³/mol. The Kier molecular flexibility index (Phi) is 4.20. The molecule has 0 amide bonds. The van der Waals surface area contributed by atoms with Crippen LogP contribution in [0.5, 0.6) is 0 Å².